The monoisotopic (exact) mass is 295 g/mol. The highest BCUT2D eigenvalue weighted by atomic mass is 16.2. The average molecular weight is 295 g/mol. The Labute approximate surface area is 127 Å². The molecule has 0 spiro atoms. The minimum absolute atomic E-state index is 0.146. The van der Waals surface area contributed by atoms with Crippen LogP contribution < -0.4 is 11.0 Å². The number of aromatic amines is 2. The fraction of sp³-hybridized carbons (Fsp3) is 0.176. The van der Waals surface area contributed by atoms with E-state index in [4.69, 9.17) is 0 Å². The Morgan fingerprint density at radius 2 is 1.59 bits per heavy atom. The molecule has 22 heavy (non-hydrogen) atoms. The van der Waals surface area contributed by atoms with E-state index in [2.05, 4.69) is 15.3 Å². The molecule has 0 bridgehead atoms. The highest BCUT2D eigenvalue weighted by Crippen LogP contribution is 2.20. The third-order valence-electron chi connectivity index (χ3n) is 3.68. The third kappa shape index (κ3) is 2.53. The summed E-state index contributed by atoms with van der Waals surface area (Å²) in [5.74, 6) is -0.146. The summed E-state index contributed by atoms with van der Waals surface area (Å²) in [5, 5.41) is 2.89. The first-order chi connectivity index (χ1) is 10.4. The maximum Gasteiger partial charge on any atom is 0.323 e. The number of benzene rings is 2. The lowest BCUT2D eigenvalue weighted by Crippen LogP contribution is -2.15. The molecular weight excluding hydrogens is 278 g/mol. The second kappa shape index (κ2) is 5.18. The number of H-pyrrole nitrogens is 2. The number of imidazole rings is 1. The number of fused-ring (bicyclic) bond motifs is 1. The van der Waals surface area contributed by atoms with Crippen molar-refractivity contribution in [1.82, 2.24) is 9.97 Å². The third-order valence-corrected chi connectivity index (χ3v) is 3.68. The quantitative estimate of drug-likeness (QED) is 0.679. The number of nitrogens with one attached hydrogen (secondary N) is 3. The van der Waals surface area contributed by atoms with E-state index in [1.165, 1.54) is 0 Å². The van der Waals surface area contributed by atoms with Gasteiger partial charge in [0.1, 0.15) is 0 Å². The van der Waals surface area contributed by atoms with Crippen LogP contribution in [0.4, 0.5) is 5.69 Å². The van der Waals surface area contributed by atoms with Crippen LogP contribution >= 0.6 is 0 Å². The molecule has 0 saturated carbocycles. The molecule has 1 amide bonds. The zero-order chi connectivity index (χ0) is 15.9. The van der Waals surface area contributed by atoms with Gasteiger partial charge >= 0.3 is 5.69 Å². The Balaban J connectivity index is 1.94. The van der Waals surface area contributed by atoms with E-state index < -0.39 is 0 Å². The van der Waals surface area contributed by atoms with Crippen molar-refractivity contribution in [2.45, 2.75) is 20.8 Å². The van der Waals surface area contributed by atoms with Gasteiger partial charge < -0.3 is 15.3 Å². The van der Waals surface area contributed by atoms with Crippen molar-refractivity contribution in [3.8, 4) is 0 Å². The molecule has 0 saturated heterocycles. The number of amides is 1. The van der Waals surface area contributed by atoms with E-state index in [0.29, 0.717) is 22.3 Å². The molecule has 3 N–H and O–H groups in total. The fourth-order valence-electron chi connectivity index (χ4n) is 2.84. The van der Waals surface area contributed by atoms with Gasteiger partial charge in [0.15, 0.2) is 0 Å². The van der Waals surface area contributed by atoms with Gasteiger partial charge in [0, 0.05) is 11.3 Å². The van der Waals surface area contributed by atoms with Gasteiger partial charge in [0.05, 0.1) is 11.0 Å². The lowest BCUT2D eigenvalue weighted by molar-refractivity contribution is 0.102. The Morgan fingerprint density at radius 3 is 2.27 bits per heavy atom. The van der Waals surface area contributed by atoms with E-state index in [1.807, 2.05) is 32.9 Å². The van der Waals surface area contributed by atoms with Crippen LogP contribution in [0.5, 0.6) is 0 Å². The predicted octanol–water partition coefficient (Wildman–Crippen LogP) is 3.03. The van der Waals surface area contributed by atoms with Crippen LogP contribution in [0.15, 0.2) is 35.1 Å². The molecule has 3 aromatic rings. The molecule has 1 heterocycles. The van der Waals surface area contributed by atoms with Crippen LogP contribution in [-0.4, -0.2) is 15.9 Å². The fourth-order valence-corrected chi connectivity index (χ4v) is 2.84. The molecule has 0 radical (unpaired) electrons. The van der Waals surface area contributed by atoms with Crippen LogP contribution in [0.1, 0.15) is 27.0 Å². The van der Waals surface area contributed by atoms with Gasteiger partial charge in [-0.2, -0.15) is 0 Å². The van der Waals surface area contributed by atoms with E-state index >= 15 is 0 Å². The largest absolute Gasteiger partial charge is 0.323 e. The average Bonchev–Trinajstić information content (AvgIpc) is 2.76. The Kier molecular flexibility index (Phi) is 3.33. The maximum atomic E-state index is 12.5. The van der Waals surface area contributed by atoms with Crippen molar-refractivity contribution in [2.75, 3.05) is 5.32 Å². The molecule has 2 aromatic carbocycles. The second-order valence-corrected chi connectivity index (χ2v) is 5.57. The number of anilines is 1. The summed E-state index contributed by atoms with van der Waals surface area (Å²) in [6, 6.07) is 9.26. The van der Waals surface area contributed by atoms with Crippen molar-refractivity contribution in [3.05, 3.63) is 63.1 Å². The number of hydrogen-bond acceptors (Lipinski definition) is 2. The molecule has 5 heteroatoms. The molecule has 0 unspecified atom stereocenters. The van der Waals surface area contributed by atoms with Gasteiger partial charge in [-0.25, -0.2) is 4.79 Å². The summed E-state index contributed by atoms with van der Waals surface area (Å²) in [6.07, 6.45) is 0. The van der Waals surface area contributed by atoms with E-state index in [-0.39, 0.29) is 11.6 Å². The smallest absolute Gasteiger partial charge is 0.322 e. The van der Waals surface area contributed by atoms with Gasteiger partial charge in [-0.1, -0.05) is 17.7 Å². The molecule has 5 nitrogen and oxygen atoms in total. The molecule has 3 rings (SSSR count). The number of aryl methyl sites for hydroxylation is 3. The minimum atomic E-state index is -0.260. The lowest BCUT2D eigenvalue weighted by atomic mass is 9.99. The number of carbonyl (C=O) groups is 1. The highest BCUT2D eigenvalue weighted by molar-refractivity contribution is 6.06. The van der Waals surface area contributed by atoms with Gasteiger partial charge in [-0.05, 0) is 50.1 Å². The molecule has 0 fully saturated rings. The standard InChI is InChI=1S/C17H17N3O2/c1-9-6-10(2)15(11(3)7-9)16(21)18-12-4-5-13-14(8-12)20-17(22)19-13/h4-8H,1-3H3,(H,18,21)(H2,19,20,22). The highest BCUT2D eigenvalue weighted by Gasteiger charge is 2.13. The van der Waals surface area contributed by atoms with Crippen molar-refractivity contribution in [1.29, 1.82) is 0 Å². The van der Waals surface area contributed by atoms with Crippen molar-refractivity contribution < 1.29 is 4.79 Å². The number of aromatic nitrogens is 2. The second-order valence-electron chi connectivity index (χ2n) is 5.57. The van der Waals surface area contributed by atoms with Crippen molar-refractivity contribution in [2.24, 2.45) is 0 Å². The Morgan fingerprint density at radius 1 is 0.955 bits per heavy atom. The topological polar surface area (TPSA) is 77.8 Å². The van der Waals surface area contributed by atoms with Crippen LogP contribution in [0, 0.1) is 20.8 Å². The maximum absolute atomic E-state index is 12.5. The molecular formula is C17H17N3O2. The molecule has 1 aromatic heterocycles. The molecule has 0 aliphatic carbocycles. The van der Waals surface area contributed by atoms with Crippen LogP contribution in [-0.2, 0) is 0 Å². The van der Waals surface area contributed by atoms with Crippen molar-refractivity contribution in [3.63, 3.8) is 0 Å². The van der Waals surface area contributed by atoms with Gasteiger partial charge in [0.25, 0.3) is 5.91 Å². The van der Waals surface area contributed by atoms with E-state index in [9.17, 15) is 9.59 Å². The van der Waals surface area contributed by atoms with Gasteiger partial charge in [-0.15, -0.1) is 0 Å². The minimum Gasteiger partial charge on any atom is -0.322 e. The summed E-state index contributed by atoms with van der Waals surface area (Å²) in [6.45, 7) is 5.88. The summed E-state index contributed by atoms with van der Waals surface area (Å²) in [4.78, 5) is 29.1. The van der Waals surface area contributed by atoms with Crippen LogP contribution in [0.2, 0.25) is 0 Å². The van der Waals surface area contributed by atoms with Crippen molar-refractivity contribution >= 4 is 22.6 Å². The van der Waals surface area contributed by atoms with E-state index in [0.717, 1.165) is 16.7 Å². The van der Waals surface area contributed by atoms with Crippen LogP contribution in [0.3, 0.4) is 0 Å². The normalized spacial score (nSPS) is 10.9. The SMILES string of the molecule is Cc1cc(C)c(C(=O)Nc2ccc3[nH]c(=O)[nH]c3c2)c(C)c1. The zero-order valence-electron chi connectivity index (χ0n) is 12.7. The zero-order valence-corrected chi connectivity index (χ0v) is 12.7. The van der Waals surface area contributed by atoms with E-state index in [1.54, 1.807) is 18.2 Å². The van der Waals surface area contributed by atoms with Gasteiger partial charge in [-0.3, -0.25) is 4.79 Å². The molecule has 0 aliphatic rings. The molecule has 112 valence electrons. The summed E-state index contributed by atoms with van der Waals surface area (Å²) in [7, 11) is 0. The lowest BCUT2D eigenvalue weighted by Gasteiger charge is -2.11. The Hall–Kier alpha value is -2.82. The molecule has 0 atom stereocenters. The first-order valence-electron chi connectivity index (χ1n) is 7.05. The summed E-state index contributed by atoms with van der Waals surface area (Å²) < 4.78 is 0. The molecule has 0 aliphatic heterocycles. The summed E-state index contributed by atoms with van der Waals surface area (Å²) >= 11 is 0. The predicted molar refractivity (Wildman–Crippen MR) is 87.5 cm³/mol. The first-order valence-corrected chi connectivity index (χ1v) is 7.05. The Bertz CT molecular complexity index is 911. The summed E-state index contributed by atoms with van der Waals surface area (Å²) in [5.41, 5.74) is 5.49. The first kappa shape index (κ1) is 14.1. The number of carbonyl (C=O) groups excluding carboxylic acids is 1. The number of rotatable bonds is 2. The van der Waals surface area contributed by atoms with Crippen LogP contribution in [0.25, 0.3) is 11.0 Å². The number of hydrogen-bond donors (Lipinski definition) is 3. The van der Waals surface area contributed by atoms with Gasteiger partial charge in [0.2, 0.25) is 0 Å².